The quantitative estimate of drug-likeness (QED) is 0.873. The van der Waals surface area contributed by atoms with Crippen LogP contribution in [0.1, 0.15) is 22.3 Å². The van der Waals surface area contributed by atoms with E-state index in [4.69, 9.17) is 4.74 Å². The first-order valence-electron chi connectivity index (χ1n) is 7.49. The lowest BCUT2D eigenvalue weighted by atomic mass is 9.95. The highest BCUT2D eigenvalue weighted by Crippen LogP contribution is 2.21. The monoisotopic (exact) mass is 283 g/mol. The van der Waals surface area contributed by atoms with Crippen LogP contribution >= 0.6 is 0 Å². The fourth-order valence-corrected chi connectivity index (χ4v) is 2.70. The van der Waals surface area contributed by atoms with E-state index in [2.05, 4.69) is 49.5 Å². The fourth-order valence-electron chi connectivity index (χ4n) is 2.70. The Morgan fingerprint density at radius 1 is 1.00 bits per heavy atom. The van der Waals surface area contributed by atoms with Crippen molar-refractivity contribution in [2.24, 2.45) is 0 Å². The molecule has 1 atom stereocenters. The van der Waals surface area contributed by atoms with E-state index in [1.165, 1.54) is 22.3 Å². The Bertz CT molecular complexity index is 592. The average Bonchev–Trinajstić information content (AvgIpc) is 2.50. The van der Waals surface area contributed by atoms with Crippen LogP contribution in [0.4, 0.5) is 0 Å². The molecular weight excluding hydrogens is 258 g/mol. The molecule has 0 heterocycles. The molecule has 112 valence electrons. The summed E-state index contributed by atoms with van der Waals surface area (Å²) in [5, 5.41) is 3.44. The van der Waals surface area contributed by atoms with Gasteiger partial charge in [0.1, 0.15) is 5.75 Å². The van der Waals surface area contributed by atoms with E-state index in [-0.39, 0.29) is 0 Å². The van der Waals surface area contributed by atoms with E-state index in [1.807, 2.05) is 19.2 Å². The molecule has 0 aliphatic rings. The van der Waals surface area contributed by atoms with Crippen molar-refractivity contribution in [1.82, 2.24) is 5.32 Å². The summed E-state index contributed by atoms with van der Waals surface area (Å²) in [7, 11) is 3.77. The molecule has 2 aromatic carbocycles. The van der Waals surface area contributed by atoms with Gasteiger partial charge in [0.25, 0.3) is 0 Å². The third kappa shape index (κ3) is 4.08. The van der Waals surface area contributed by atoms with Gasteiger partial charge in [0.05, 0.1) is 7.11 Å². The smallest absolute Gasteiger partial charge is 0.122 e. The normalized spacial score (nSPS) is 12.2. The van der Waals surface area contributed by atoms with Crippen molar-refractivity contribution in [3.63, 3.8) is 0 Å². The van der Waals surface area contributed by atoms with E-state index in [9.17, 15) is 0 Å². The second kappa shape index (κ2) is 7.28. The first-order valence-corrected chi connectivity index (χ1v) is 7.49. The molecule has 0 fully saturated rings. The lowest BCUT2D eigenvalue weighted by Crippen LogP contribution is -2.30. The van der Waals surface area contributed by atoms with Gasteiger partial charge in [0.2, 0.25) is 0 Å². The largest absolute Gasteiger partial charge is 0.496 e. The third-order valence-electron chi connectivity index (χ3n) is 4.04. The topological polar surface area (TPSA) is 21.3 Å². The van der Waals surface area contributed by atoms with Gasteiger partial charge in [-0.05, 0) is 56.5 Å². The number of methoxy groups -OCH3 is 1. The van der Waals surface area contributed by atoms with Gasteiger partial charge >= 0.3 is 0 Å². The standard InChI is InChI=1S/C19H25NO/c1-14-9-10-15(2)17(11-14)13-18(20-3)12-16-7-5-6-8-19(16)21-4/h5-11,18,20H,12-13H2,1-4H3. The maximum Gasteiger partial charge on any atom is 0.122 e. The molecule has 0 radical (unpaired) electrons. The van der Waals surface area contributed by atoms with Crippen LogP contribution in [0.2, 0.25) is 0 Å². The fraction of sp³-hybridized carbons (Fsp3) is 0.368. The lowest BCUT2D eigenvalue weighted by molar-refractivity contribution is 0.406. The number of rotatable bonds is 6. The first-order chi connectivity index (χ1) is 10.1. The van der Waals surface area contributed by atoms with E-state index >= 15 is 0 Å². The summed E-state index contributed by atoms with van der Waals surface area (Å²) in [6, 6.07) is 15.3. The molecule has 2 nitrogen and oxygen atoms in total. The van der Waals surface area contributed by atoms with Gasteiger partial charge in [-0.3, -0.25) is 0 Å². The predicted octanol–water partition coefficient (Wildman–Crippen LogP) is 3.69. The number of aryl methyl sites for hydroxylation is 2. The van der Waals surface area contributed by atoms with Gasteiger partial charge in [0.15, 0.2) is 0 Å². The average molecular weight is 283 g/mol. The van der Waals surface area contributed by atoms with Gasteiger partial charge < -0.3 is 10.1 Å². The number of hydrogen-bond donors (Lipinski definition) is 1. The minimum atomic E-state index is 0.404. The van der Waals surface area contributed by atoms with Crippen LogP contribution in [-0.4, -0.2) is 20.2 Å². The highest BCUT2D eigenvalue weighted by atomic mass is 16.5. The van der Waals surface area contributed by atoms with Crippen molar-refractivity contribution >= 4 is 0 Å². The summed E-state index contributed by atoms with van der Waals surface area (Å²) in [6.45, 7) is 4.34. The van der Waals surface area contributed by atoms with Crippen molar-refractivity contribution in [1.29, 1.82) is 0 Å². The SMILES string of the molecule is CNC(Cc1cc(C)ccc1C)Cc1ccccc1OC. The Kier molecular flexibility index (Phi) is 5.40. The lowest BCUT2D eigenvalue weighted by Gasteiger charge is -2.19. The molecule has 2 rings (SSSR count). The maximum atomic E-state index is 5.46. The minimum absolute atomic E-state index is 0.404. The summed E-state index contributed by atoms with van der Waals surface area (Å²) in [5.74, 6) is 0.971. The van der Waals surface area contributed by atoms with E-state index < -0.39 is 0 Å². The Morgan fingerprint density at radius 3 is 2.43 bits per heavy atom. The molecule has 21 heavy (non-hydrogen) atoms. The van der Waals surface area contributed by atoms with Crippen molar-refractivity contribution < 1.29 is 4.74 Å². The molecule has 1 unspecified atom stereocenters. The number of nitrogens with one attached hydrogen (secondary N) is 1. The molecule has 0 amide bonds. The summed E-state index contributed by atoms with van der Waals surface area (Å²) >= 11 is 0. The zero-order chi connectivity index (χ0) is 15.2. The van der Waals surface area contributed by atoms with Crippen molar-refractivity contribution in [2.75, 3.05) is 14.2 Å². The van der Waals surface area contributed by atoms with Gasteiger partial charge in [0, 0.05) is 6.04 Å². The number of para-hydroxylation sites is 1. The van der Waals surface area contributed by atoms with Crippen LogP contribution < -0.4 is 10.1 Å². The second-order valence-corrected chi connectivity index (χ2v) is 5.64. The predicted molar refractivity (Wildman–Crippen MR) is 89.2 cm³/mol. The zero-order valence-corrected chi connectivity index (χ0v) is 13.4. The first kappa shape index (κ1) is 15.6. The van der Waals surface area contributed by atoms with Crippen LogP contribution in [-0.2, 0) is 12.8 Å². The van der Waals surface area contributed by atoms with Gasteiger partial charge in [-0.2, -0.15) is 0 Å². The molecule has 0 aromatic heterocycles. The van der Waals surface area contributed by atoms with Gasteiger partial charge in [-0.15, -0.1) is 0 Å². The molecule has 0 spiro atoms. The van der Waals surface area contributed by atoms with Crippen LogP contribution in [0.25, 0.3) is 0 Å². The number of ether oxygens (including phenoxy) is 1. The Morgan fingerprint density at radius 2 is 1.71 bits per heavy atom. The van der Waals surface area contributed by atoms with Crippen molar-refractivity contribution in [3.8, 4) is 5.75 Å². The molecule has 1 N–H and O–H groups in total. The van der Waals surface area contributed by atoms with Gasteiger partial charge in [-0.25, -0.2) is 0 Å². The minimum Gasteiger partial charge on any atom is -0.496 e. The molecule has 0 aliphatic heterocycles. The molecule has 2 aromatic rings. The van der Waals surface area contributed by atoms with E-state index in [0.717, 1.165) is 18.6 Å². The number of hydrogen-bond acceptors (Lipinski definition) is 2. The Hall–Kier alpha value is -1.80. The highest BCUT2D eigenvalue weighted by Gasteiger charge is 2.12. The molecule has 0 saturated carbocycles. The van der Waals surface area contributed by atoms with E-state index in [0.29, 0.717) is 6.04 Å². The van der Waals surface area contributed by atoms with E-state index in [1.54, 1.807) is 7.11 Å². The van der Waals surface area contributed by atoms with Gasteiger partial charge in [-0.1, -0.05) is 42.0 Å². The summed E-state index contributed by atoms with van der Waals surface area (Å²) in [6.07, 6.45) is 2.00. The number of benzene rings is 2. The van der Waals surface area contributed by atoms with Crippen LogP contribution in [0, 0.1) is 13.8 Å². The Labute approximate surface area is 128 Å². The molecular formula is C19H25NO. The van der Waals surface area contributed by atoms with Crippen LogP contribution in [0.15, 0.2) is 42.5 Å². The summed E-state index contributed by atoms with van der Waals surface area (Å²) < 4.78 is 5.46. The van der Waals surface area contributed by atoms with Crippen LogP contribution in [0.3, 0.4) is 0 Å². The summed E-state index contributed by atoms with van der Waals surface area (Å²) in [4.78, 5) is 0. The van der Waals surface area contributed by atoms with Crippen LogP contribution in [0.5, 0.6) is 5.75 Å². The number of likely N-dealkylation sites (N-methyl/N-ethyl adjacent to an activating group) is 1. The molecule has 0 saturated heterocycles. The maximum absolute atomic E-state index is 5.46. The third-order valence-corrected chi connectivity index (χ3v) is 4.04. The zero-order valence-electron chi connectivity index (χ0n) is 13.4. The highest BCUT2D eigenvalue weighted by molar-refractivity contribution is 5.35. The molecule has 0 bridgehead atoms. The molecule has 2 heteroatoms. The van der Waals surface area contributed by atoms with Crippen molar-refractivity contribution in [3.05, 3.63) is 64.7 Å². The van der Waals surface area contributed by atoms with Crippen molar-refractivity contribution in [2.45, 2.75) is 32.7 Å². The summed E-state index contributed by atoms with van der Waals surface area (Å²) in [5.41, 5.74) is 5.36. The second-order valence-electron chi connectivity index (χ2n) is 5.64. The molecule has 0 aliphatic carbocycles. The Balaban J connectivity index is 2.15.